The van der Waals surface area contributed by atoms with Crippen molar-refractivity contribution in [3.8, 4) is 0 Å². The van der Waals surface area contributed by atoms with Gasteiger partial charge in [0.15, 0.2) is 5.76 Å². The van der Waals surface area contributed by atoms with Crippen molar-refractivity contribution >= 4 is 11.7 Å². The third kappa shape index (κ3) is 5.17. The Balaban J connectivity index is 1.30. The monoisotopic (exact) mass is 413 g/mol. The van der Waals surface area contributed by atoms with Crippen LogP contribution in [0.3, 0.4) is 0 Å². The zero-order chi connectivity index (χ0) is 20.8. The van der Waals surface area contributed by atoms with E-state index in [9.17, 15) is 4.79 Å². The molecule has 2 saturated heterocycles. The maximum Gasteiger partial charge on any atom is 0.222 e. The molecule has 8 nitrogen and oxygen atoms in total. The molecule has 0 aromatic carbocycles. The van der Waals surface area contributed by atoms with Gasteiger partial charge in [0.2, 0.25) is 5.91 Å². The Labute approximate surface area is 177 Å². The average molecular weight is 414 g/mol. The molecule has 2 aliphatic rings. The van der Waals surface area contributed by atoms with Crippen molar-refractivity contribution in [1.82, 2.24) is 20.4 Å². The Bertz CT molecular complexity index is 804. The number of aromatic nitrogens is 2. The molecule has 0 saturated carbocycles. The summed E-state index contributed by atoms with van der Waals surface area (Å²) in [6.07, 6.45) is 4.27. The Hall–Kier alpha value is -2.45. The lowest BCUT2D eigenvalue weighted by Gasteiger charge is -2.37. The van der Waals surface area contributed by atoms with Gasteiger partial charge in [0.1, 0.15) is 12.4 Å². The van der Waals surface area contributed by atoms with Crippen molar-refractivity contribution < 1.29 is 14.1 Å². The second-order valence-electron chi connectivity index (χ2n) is 8.19. The number of amides is 1. The summed E-state index contributed by atoms with van der Waals surface area (Å²) >= 11 is 0. The number of pyridine rings is 1. The SMILES string of the molecule is COCc1cc(C[C@H]2CNCC[C@H]2CC(=O)N2CCN(c3ccccn3)CC2)no1. The van der Waals surface area contributed by atoms with E-state index in [0.717, 1.165) is 69.4 Å². The summed E-state index contributed by atoms with van der Waals surface area (Å²) in [6.45, 7) is 5.50. The minimum Gasteiger partial charge on any atom is -0.377 e. The summed E-state index contributed by atoms with van der Waals surface area (Å²) < 4.78 is 10.4. The Morgan fingerprint density at radius 3 is 2.90 bits per heavy atom. The molecule has 1 amide bonds. The van der Waals surface area contributed by atoms with E-state index in [1.54, 1.807) is 7.11 Å². The van der Waals surface area contributed by atoms with Crippen LogP contribution in [0.1, 0.15) is 24.3 Å². The molecule has 2 aromatic rings. The maximum atomic E-state index is 13.0. The molecule has 4 rings (SSSR count). The molecule has 0 aliphatic carbocycles. The number of carbonyl (C=O) groups excluding carboxylic acids is 1. The van der Waals surface area contributed by atoms with Crippen LogP contribution in [0.4, 0.5) is 5.82 Å². The lowest BCUT2D eigenvalue weighted by atomic mass is 9.81. The second-order valence-corrected chi connectivity index (χ2v) is 8.19. The van der Waals surface area contributed by atoms with E-state index >= 15 is 0 Å². The van der Waals surface area contributed by atoms with E-state index in [4.69, 9.17) is 9.26 Å². The number of nitrogens with zero attached hydrogens (tertiary/aromatic N) is 4. The largest absolute Gasteiger partial charge is 0.377 e. The van der Waals surface area contributed by atoms with Gasteiger partial charge in [-0.05, 0) is 49.9 Å². The number of carbonyl (C=O) groups is 1. The van der Waals surface area contributed by atoms with Crippen molar-refractivity contribution in [3.05, 3.63) is 41.9 Å². The smallest absolute Gasteiger partial charge is 0.222 e. The molecule has 0 bridgehead atoms. The lowest BCUT2D eigenvalue weighted by molar-refractivity contribution is -0.133. The van der Waals surface area contributed by atoms with Gasteiger partial charge in [-0.2, -0.15) is 0 Å². The van der Waals surface area contributed by atoms with Gasteiger partial charge in [0, 0.05) is 52.0 Å². The third-order valence-electron chi connectivity index (χ3n) is 6.17. The van der Waals surface area contributed by atoms with Gasteiger partial charge in [-0.15, -0.1) is 0 Å². The normalized spacial score (nSPS) is 22.3. The van der Waals surface area contributed by atoms with Crippen molar-refractivity contribution in [2.45, 2.75) is 25.9 Å². The summed E-state index contributed by atoms with van der Waals surface area (Å²) in [6, 6.07) is 7.92. The van der Waals surface area contributed by atoms with E-state index in [1.807, 2.05) is 35.4 Å². The summed E-state index contributed by atoms with van der Waals surface area (Å²) in [4.78, 5) is 21.7. The van der Waals surface area contributed by atoms with Crippen molar-refractivity contribution in [3.63, 3.8) is 0 Å². The van der Waals surface area contributed by atoms with Crippen LogP contribution in [0.15, 0.2) is 35.0 Å². The highest BCUT2D eigenvalue weighted by Crippen LogP contribution is 2.27. The van der Waals surface area contributed by atoms with Gasteiger partial charge in [-0.1, -0.05) is 11.2 Å². The molecule has 2 aliphatic heterocycles. The summed E-state index contributed by atoms with van der Waals surface area (Å²) in [5.41, 5.74) is 0.942. The molecule has 0 radical (unpaired) electrons. The fourth-order valence-electron chi connectivity index (χ4n) is 4.49. The molecule has 1 N–H and O–H groups in total. The first kappa shape index (κ1) is 20.8. The van der Waals surface area contributed by atoms with Crippen LogP contribution < -0.4 is 10.2 Å². The predicted molar refractivity (Wildman–Crippen MR) is 113 cm³/mol. The molecule has 8 heteroatoms. The first-order valence-electron chi connectivity index (χ1n) is 10.8. The first-order valence-corrected chi connectivity index (χ1v) is 10.8. The van der Waals surface area contributed by atoms with Crippen molar-refractivity contribution in [2.75, 3.05) is 51.3 Å². The molecule has 2 aromatic heterocycles. The van der Waals surface area contributed by atoms with Gasteiger partial charge in [-0.25, -0.2) is 4.98 Å². The Morgan fingerprint density at radius 2 is 2.13 bits per heavy atom. The van der Waals surface area contributed by atoms with Crippen LogP contribution in [-0.2, 0) is 22.6 Å². The number of piperidine rings is 1. The molecule has 0 unspecified atom stereocenters. The highest BCUT2D eigenvalue weighted by Gasteiger charge is 2.30. The fraction of sp³-hybridized carbons (Fsp3) is 0.591. The standard InChI is InChI=1S/C22H31N5O3/c1-29-16-20-14-19(25-30-20)12-18-15-23-7-5-17(18)13-22(28)27-10-8-26(9-11-27)21-4-2-3-6-24-21/h2-4,6,14,17-18,23H,5,7-13,15-16H2,1H3/t17-,18-/m0/s1. The Kier molecular flexibility index (Phi) is 6.96. The van der Waals surface area contributed by atoms with Crippen LogP contribution in [0.25, 0.3) is 0 Å². The second kappa shape index (κ2) is 10.0. The lowest BCUT2D eigenvalue weighted by Crippen LogP contribution is -2.50. The number of rotatable bonds is 7. The zero-order valence-electron chi connectivity index (χ0n) is 17.6. The molecule has 0 spiro atoms. The number of anilines is 1. The number of hydrogen-bond donors (Lipinski definition) is 1. The maximum absolute atomic E-state index is 13.0. The van der Waals surface area contributed by atoms with E-state index in [2.05, 4.69) is 20.4 Å². The van der Waals surface area contributed by atoms with Gasteiger partial charge in [0.25, 0.3) is 0 Å². The van der Waals surface area contributed by atoms with Crippen LogP contribution in [0.2, 0.25) is 0 Å². The van der Waals surface area contributed by atoms with Gasteiger partial charge >= 0.3 is 0 Å². The molecular formula is C22H31N5O3. The molecule has 162 valence electrons. The number of hydrogen-bond acceptors (Lipinski definition) is 7. The Morgan fingerprint density at radius 1 is 1.27 bits per heavy atom. The topological polar surface area (TPSA) is 83.7 Å². The van der Waals surface area contributed by atoms with Gasteiger partial charge < -0.3 is 24.4 Å². The van der Waals surface area contributed by atoms with E-state index in [0.29, 0.717) is 24.9 Å². The minimum absolute atomic E-state index is 0.271. The first-order chi connectivity index (χ1) is 14.7. The molecule has 30 heavy (non-hydrogen) atoms. The molecule has 4 heterocycles. The molecule has 2 fully saturated rings. The van der Waals surface area contributed by atoms with Crippen molar-refractivity contribution in [1.29, 1.82) is 0 Å². The fourth-order valence-corrected chi connectivity index (χ4v) is 4.49. The van der Waals surface area contributed by atoms with E-state index < -0.39 is 0 Å². The average Bonchev–Trinajstić information content (AvgIpc) is 3.23. The number of nitrogens with one attached hydrogen (secondary N) is 1. The summed E-state index contributed by atoms with van der Waals surface area (Å²) in [5, 5.41) is 7.65. The van der Waals surface area contributed by atoms with E-state index in [1.165, 1.54) is 0 Å². The predicted octanol–water partition coefficient (Wildman–Crippen LogP) is 1.72. The minimum atomic E-state index is 0.271. The van der Waals surface area contributed by atoms with Crippen LogP contribution in [-0.4, -0.2) is 67.3 Å². The number of piperazine rings is 1. The van der Waals surface area contributed by atoms with Gasteiger partial charge in [0.05, 0.1) is 5.69 Å². The highest BCUT2D eigenvalue weighted by atomic mass is 16.5. The van der Waals surface area contributed by atoms with Crippen molar-refractivity contribution in [2.24, 2.45) is 11.8 Å². The highest BCUT2D eigenvalue weighted by molar-refractivity contribution is 5.76. The van der Waals surface area contributed by atoms with Crippen LogP contribution >= 0.6 is 0 Å². The van der Waals surface area contributed by atoms with Crippen LogP contribution in [0, 0.1) is 11.8 Å². The summed E-state index contributed by atoms with van der Waals surface area (Å²) in [7, 11) is 1.64. The number of ether oxygens (including phenoxy) is 1. The third-order valence-corrected chi connectivity index (χ3v) is 6.17. The van der Waals surface area contributed by atoms with Gasteiger partial charge in [-0.3, -0.25) is 4.79 Å². The quantitative estimate of drug-likeness (QED) is 0.740. The molecular weight excluding hydrogens is 382 g/mol. The zero-order valence-corrected chi connectivity index (χ0v) is 17.6. The molecule has 2 atom stereocenters. The number of methoxy groups -OCH3 is 1. The van der Waals surface area contributed by atoms with Crippen LogP contribution in [0.5, 0.6) is 0 Å². The summed E-state index contributed by atoms with van der Waals surface area (Å²) in [5.74, 6) is 2.76. The van der Waals surface area contributed by atoms with E-state index in [-0.39, 0.29) is 5.91 Å².